The molecule has 3 aromatic rings. The number of nitrogens with zero attached hydrogens (tertiary/aromatic N) is 1. The van der Waals surface area contributed by atoms with Crippen LogP contribution in [-0.4, -0.2) is 29.8 Å². The first-order chi connectivity index (χ1) is 15.2. The number of nitrogens with one attached hydrogen (secondary N) is 1. The molecule has 4 rings (SSSR count). The van der Waals surface area contributed by atoms with Crippen molar-refractivity contribution in [1.29, 1.82) is 0 Å². The lowest BCUT2D eigenvalue weighted by atomic mass is 9.88. The van der Waals surface area contributed by atoms with Crippen LogP contribution in [0.15, 0.2) is 84.9 Å². The molecule has 1 saturated heterocycles. The lowest BCUT2D eigenvalue weighted by Crippen LogP contribution is -2.26. The molecule has 0 bridgehead atoms. The molecule has 0 saturated carbocycles. The van der Waals surface area contributed by atoms with Crippen LogP contribution in [0.4, 0.5) is 0 Å². The SMILES string of the molecule is O=C(NCCC(c1ccccc1)c1ccccc1)c1cccc(CN2CCCC2=O)c1. The van der Waals surface area contributed by atoms with Crippen LogP contribution in [0.2, 0.25) is 0 Å². The molecule has 0 aliphatic carbocycles. The van der Waals surface area contributed by atoms with Crippen LogP contribution in [0.1, 0.15) is 52.2 Å². The Kier molecular flexibility index (Phi) is 6.78. The van der Waals surface area contributed by atoms with Gasteiger partial charge < -0.3 is 10.2 Å². The van der Waals surface area contributed by atoms with Gasteiger partial charge in [-0.1, -0.05) is 72.8 Å². The fourth-order valence-electron chi connectivity index (χ4n) is 4.23. The van der Waals surface area contributed by atoms with Gasteiger partial charge in [-0.3, -0.25) is 9.59 Å². The molecule has 0 spiro atoms. The first-order valence-electron chi connectivity index (χ1n) is 11.0. The number of rotatable bonds is 8. The van der Waals surface area contributed by atoms with Gasteiger partial charge in [-0.25, -0.2) is 0 Å². The highest BCUT2D eigenvalue weighted by Gasteiger charge is 2.20. The molecule has 1 aliphatic heterocycles. The molecule has 2 amide bonds. The third-order valence-corrected chi connectivity index (χ3v) is 5.86. The predicted molar refractivity (Wildman–Crippen MR) is 123 cm³/mol. The molecule has 1 N–H and O–H groups in total. The van der Waals surface area contributed by atoms with Crippen molar-refractivity contribution in [2.75, 3.05) is 13.1 Å². The number of benzene rings is 3. The van der Waals surface area contributed by atoms with Crippen molar-refractivity contribution in [3.63, 3.8) is 0 Å². The summed E-state index contributed by atoms with van der Waals surface area (Å²) in [4.78, 5) is 26.5. The van der Waals surface area contributed by atoms with Gasteiger partial charge in [0.25, 0.3) is 5.91 Å². The largest absolute Gasteiger partial charge is 0.352 e. The van der Waals surface area contributed by atoms with Crippen molar-refractivity contribution in [1.82, 2.24) is 10.2 Å². The van der Waals surface area contributed by atoms with E-state index in [-0.39, 0.29) is 17.7 Å². The Morgan fingerprint density at radius 3 is 2.19 bits per heavy atom. The van der Waals surface area contributed by atoms with Crippen LogP contribution < -0.4 is 5.32 Å². The normalized spacial score (nSPS) is 13.6. The van der Waals surface area contributed by atoms with Gasteiger partial charge in [0.05, 0.1) is 0 Å². The van der Waals surface area contributed by atoms with E-state index in [4.69, 9.17) is 0 Å². The molecule has 0 radical (unpaired) electrons. The Balaban J connectivity index is 1.38. The van der Waals surface area contributed by atoms with Crippen molar-refractivity contribution in [3.8, 4) is 0 Å². The van der Waals surface area contributed by atoms with Gasteiger partial charge in [-0.05, 0) is 41.7 Å². The highest BCUT2D eigenvalue weighted by molar-refractivity contribution is 5.94. The molecule has 4 nitrogen and oxygen atoms in total. The van der Waals surface area contributed by atoms with E-state index < -0.39 is 0 Å². The number of amides is 2. The Bertz CT molecular complexity index is 978. The van der Waals surface area contributed by atoms with Crippen molar-refractivity contribution < 1.29 is 9.59 Å². The molecule has 4 heteroatoms. The topological polar surface area (TPSA) is 49.4 Å². The molecule has 3 aromatic carbocycles. The zero-order chi connectivity index (χ0) is 21.5. The van der Waals surface area contributed by atoms with Crippen LogP contribution in [-0.2, 0) is 11.3 Å². The summed E-state index contributed by atoms with van der Waals surface area (Å²) in [6.07, 6.45) is 2.37. The quantitative estimate of drug-likeness (QED) is 0.580. The minimum Gasteiger partial charge on any atom is -0.352 e. The number of hydrogen-bond acceptors (Lipinski definition) is 2. The van der Waals surface area contributed by atoms with E-state index in [9.17, 15) is 9.59 Å². The molecular weight excluding hydrogens is 384 g/mol. The third-order valence-electron chi connectivity index (χ3n) is 5.86. The monoisotopic (exact) mass is 412 g/mol. The standard InChI is InChI=1S/C27H28N2O2/c30-26-15-8-18-29(26)20-21-9-7-14-24(19-21)27(31)28-17-16-25(22-10-3-1-4-11-22)23-12-5-2-6-13-23/h1-7,9-14,19,25H,8,15-18,20H2,(H,28,31). The second-order valence-corrected chi connectivity index (χ2v) is 8.04. The van der Waals surface area contributed by atoms with E-state index in [0.717, 1.165) is 24.9 Å². The van der Waals surface area contributed by atoms with Crippen LogP contribution in [0.5, 0.6) is 0 Å². The van der Waals surface area contributed by atoms with Crippen molar-refractivity contribution in [2.45, 2.75) is 31.7 Å². The maximum absolute atomic E-state index is 12.8. The highest BCUT2D eigenvalue weighted by Crippen LogP contribution is 2.27. The van der Waals surface area contributed by atoms with Crippen LogP contribution in [0.3, 0.4) is 0 Å². The van der Waals surface area contributed by atoms with Crippen LogP contribution >= 0.6 is 0 Å². The first-order valence-corrected chi connectivity index (χ1v) is 11.0. The molecule has 158 valence electrons. The Hall–Kier alpha value is -3.40. The van der Waals surface area contributed by atoms with Gasteiger partial charge >= 0.3 is 0 Å². The van der Waals surface area contributed by atoms with Gasteiger partial charge in [0.2, 0.25) is 5.91 Å². The molecule has 0 unspecified atom stereocenters. The summed E-state index contributed by atoms with van der Waals surface area (Å²) < 4.78 is 0. The summed E-state index contributed by atoms with van der Waals surface area (Å²) in [7, 11) is 0. The number of carbonyl (C=O) groups excluding carboxylic acids is 2. The zero-order valence-electron chi connectivity index (χ0n) is 17.7. The fraction of sp³-hybridized carbons (Fsp3) is 0.259. The lowest BCUT2D eigenvalue weighted by Gasteiger charge is -2.19. The summed E-state index contributed by atoms with van der Waals surface area (Å²) in [5.41, 5.74) is 4.13. The van der Waals surface area contributed by atoms with Crippen molar-refractivity contribution >= 4 is 11.8 Å². The van der Waals surface area contributed by atoms with Crippen molar-refractivity contribution in [3.05, 3.63) is 107 Å². The second-order valence-electron chi connectivity index (χ2n) is 8.04. The number of carbonyl (C=O) groups is 2. The maximum atomic E-state index is 12.8. The predicted octanol–water partition coefficient (Wildman–Crippen LogP) is 4.76. The molecular formula is C27H28N2O2. The molecule has 31 heavy (non-hydrogen) atoms. The van der Waals surface area contributed by atoms with Gasteiger partial charge in [0.15, 0.2) is 0 Å². The lowest BCUT2D eigenvalue weighted by molar-refractivity contribution is -0.128. The zero-order valence-corrected chi connectivity index (χ0v) is 17.7. The fourth-order valence-corrected chi connectivity index (χ4v) is 4.23. The number of likely N-dealkylation sites (tertiary alicyclic amines) is 1. The van der Waals surface area contributed by atoms with E-state index in [1.54, 1.807) is 0 Å². The molecule has 0 aromatic heterocycles. The molecule has 1 aliphatic rings. The summed E-state index contributed by atoms with van der Waals surface area (Å²) in [5, 5.41) is 3.08. The highest BCUT2D eigenvalue weighted by atomic mass is 16.2. The smallest absolute Gasteiger partial charge is 0.251 e. The first kappa shape index (κ1) is 20.9. The Morgan fingerprint density at radius 1 is 0.903 bits per heavy atom. The van der Waals surface area contributed by atoms with E-state index in [1.165, 1.54) is 11.1 Å². The van der Waals surface area contributed by atoms with E-state index in [2.05, 4.69) is 53.8 Å². The summed E-state index contributed by atoms with van der Waals surface area (Å²) >= 11 is 0. The Labute approximate surface area is 183 Å². The van der Waals surface area contributed by atoms with Gasteiger partial charge in [0, 0.05) is 37.5 Å². The van der Waals surface area contributed by atoms with E-state index in [0.29, 0.717) is 25.1 Å². The minimum absolute atomic E-state index is 0.0746. The summed E-state index contributed by atoms with van der Waals surface area (Å²) in [6.45, 7) is 1.96. The van der Waals surface area contributed by atoms with Gasteiger partial charge in [-0.2, -0.15) is 0 Å². The van der Waals surface area contributed by atoms with Gasteiger partial charge in [0.1, 0.15) is 0 Å². The second kappa shape index (κ2) is 10.1. The van der Waals surface area contributed by atoms with E-state index >= 15 is 0 Å². The molecule has 1 fully saturated rings. The molecule has 0 atom stereocenters. The van der Waals surface area contributed by atoms with E-state index in [1.807, 2.05) is 41.3 Å². The Morgan fingerprint density at radius 2 is 1.58 bits per heavy atom. The number of hydrogen-bond donors (Lipinski definition) is 1. The average molecular weight is 413 g/mol. The summed E-state index contributed by atoms with van der Waals surface area (Å²) in [6, 6.07) is 28.4. The van der Waals surface area contributed by atoms with Gasteiger partial charge in [-0.15, -0.1) is 0 Å². The third kappa shape index (κ3) is 5.40. The van der Waals surface area contributed by atoms with Crippen LogP contribution in [0.25, 0.3) is 0 Å². The average Bonchev–Trinajstić information content (AvgIpc) is 3.22. The summed E-state index contributed by atoms with van der Waals surface area (Å²) in [5.74, 6) is 0.354. The van der Waals surface area contributed by atoms with Crippen LogP contribution in [0, 0.1) is 0 Å². The molecule has 1 heterocycles. The van der Waals surface area contributed by atoms with Crippen molar-refractivity contribution in [2.24, 2.45) is 0 Å². The minimum atomic E-state index is -0.0746. The maximum Gasteiger partial charge on any atom is 0.251 e.